The number of fused-ring (bicyclic) bond motifs is 4. The highest BCUT2D eigenvalue weighted by molar-refractivity contribution is 6.16. The lowest BCUT2D eigenvalue weighted by molar-refractivity contribution is -0.109. The molecule has 0 spiro atoms. The molecule has 0 amide bonds. The van der Waals surface area contributed by atoms with E-state index in [-0.39, 0.29) is 5.78 Å². The van der Waals surface area contributed by atoms with Crippen molar-refractivity contribution < 1.29 is 4.79 Å². The number of ketones is 1. The molecule has 0 saturated heterocycles. The summed E-state index contributed by atoms with van der Waals surface area (Å²) in [6.45, 7) is 0. The number of carbonyl (C=O) groups excluding carboxylic acids is 1. The van der Waals surface area contributed by atoms with Crippen LogP contribution in [0.15, 0.2) is 54.2 Å². The minimum absolute atomic E-state index is 0.0714. The van der Waals surface area contributed by atoms with Gasteiger partial charge in [0.15, 0.2) is 5.78 Å². The summed E-state index contributed by atoms with van der Waals surface area (Å²) in [6.07, 6.45) is 18.1. The van der Waals surface area contributed by atoms with Crippen LogP contribution in [0.3, 0.4) is 0 Å². The quantitative estimate of drug-likeness (QED) is 0.682. The zero-order valence-electron chi connectivity index (χ0n) is 10.3. The van der Waals surface area contributed by atoms with E-state index < -0.39 is 0 Å². The highest BCUT2D eigenvalue weighted by atomic mass is 16.1. The van der Waals surface area contributed by atoms with E-state index in [9.17, 15) is 4.79 Å². The first-order valence-electron chi connectivity index (χ1n) is 6.46. The molecule has 1 atom stereocenters. The first-order chi connectivity index (χ1) is 9.31. The summed E-state index contributed by atoms with van der Waals surface area (Å²) >= 11 is 0. The van der Waals surface area contributed by atoms with E-state index in [0.717, 1.165) is 10.8 Å². The van der Waals surface area contributed by atoms with Crippen LogP contribution in [0.2, 0.25) is 0 Å². The smallest absolute Gasteiger partial charge is 0.179 e. The Balaban J connectivity index is 2.02. The van der Waals surface area contributed by atoms with Gasteiger partial charge < -0.3 is 0 Å². The molecule has 0 heterocycles. The average molecular weight is 244 g/mol. The largest absolute Gasteiger partial charge is 0.290 e. The number of hydrogen-bond donors (Lipinski definition) is 0. The highest BCUT2D eigenvalue weighted by Gasteiger charge is 2.18. The minimum Gasteiger partial charge on any atom is -0.290 e. The van der Waals surface area contributed by atoms with Gasteiger partial charge in [0.2, 0.25) is 0 Å². The van der Waals surface area contributed by atoms with Gasteiger partial charge in [0.05, 0.1) is 0 Å². The zero-order valence-corrected chi connectivity index (χ0v) is 10.3. The Morgan fingerprint density at radius 2 is 1.84 bits per heavy atom. The Morgan fingerprint density at radius 1 is 0.895 bits per heavy atom. The molecule has 0 saturated carbocycles. The predicted molar refractivity (Wildman–Crippen MR) is 77.8 cm³/mol. The van der Waals surface area contributed by atoms with E-state index in [1.165, 1.54) is 16.4 Å². The van der Waals surface area contributed by atoms with Crippen molar-refractivity contribution in [1.82, 2.24) is 0 Å². The normalized spacial score (nSPS) is 21.8. The molecule has 1 aromatic carbocycles. The molecule has 1 aromatic rings. The molecule has 1 unspecified atom stereocenters. The van der Waals surface area contributed by atoms with Gasteiger partial charge in [-0.3, -0.25) is 4.79 Å². The lowest BCUT2D eigenvalue weighted by Crippen LogP contribution is -2.25. The van der Waals surface area contributed by atoms with Crippen molar-refractivity contribution in [2.24, 2.45) is 0 Å². The van der Waals surface area contributed by atoms with Crippen LogP contribution in [0.4, 0.5) is 0 Å². The third-order valence-electron chi connectivity index (χ3n) is 3.87. The molecule has 19 heavy (non-hydrogen) atoms. The molecule has 1 heteroatoms. The molecular weight excluding hydrogens is 232 g/mol. The van der Waals surface area contributed by atoms with Crippen molar-refractivity contribution >= 4 is 24.0 Å². The summed E-state index contributed by atoms with van der Waals surface area (Å²) in [6, 6.07) is 4.33. The SMILES string of the molecule is O=C1C=Cc2cc3c(cc2=C1)C1C=CC=CC1=CC=3. The van der Waals surface area contributed by atoms with Crippen LogP contribution < -0.4 is 10.4 Å². The van der Waals surface area contributed by atoms with Gasteiger partial charge in [0.1, 0.15) is 0 Å². The molecule has 1 nitrogen and oxygen atoms in total. The van der Waals surface area contributed by atoms with Crippen LogP contribution in [0.1, 0.15) is 17.0 Å². The summed E-state index contributed by atoms with van der Waals surface area (Å²) in [5.41, 5.74) is 3.73. The van der Waals surface area contributed by atoms with Gasteiger partial charge in [0.25, 0.3) is 0 Å². The highest BCUT2D eigenvalue weighted by Crippen LogP contribution is 2.29. The molecule has 4 rings (SSSR count). The lowest BCUT2D eigenvalue weighted by Gasteiger charge is -2.22. The minimum atomic E-state index is 0.0714. The van der Waals surface area contributed by atoms with Crippen LogP contribution in [-0.4, -0.2) is 5.78 Å². The summed E-state index contributed by atoms with van der Waals surface area (Å²) in [5.74, 6) is 0.395. The maximum atomic E-state index is 11.5. The van der Waals surface area contributed by atoms with E-state index in [1.54, 1.807) is 12.2 Å². The van der Waals surface area contributed by atoms with Crippen molar-refractivity contribution in [3.8, 4) is 0 Å². The van der Waals surface area contributed by atoms with Crippen molar-refractivity contribution in [1.29, 1.82) is 0 Å². The second-order valence-electron chi connectivity index (χ2n) is 5.05. The van der Waals surface area contributed by atoms with Gasteiger partial charge >= 0.3 is 0 Å². The molecule has 3 aliphatic rings. The number of carbonyl (C=O) groups is 1. The Hall–Kier alpha value is -2.41. The zero-order chi connectivity index (χ0) is 12.8. The van der Waals surface area contributed by atoms with Crippen LogP contribution in [0.25, 0.3) is 18.2 Å². The number of rotatable bonds is 0. The van der Waals surface area contributed by atoms with E-state index in [0.29, 0.717) is 5.92 Å². The molecule has 0 fully saturated rings. The third-order valence-corrected chi connectivity index (χ3v) is 3.87. The van der Waals surface area contributed by atoms with Crippen LogP contribution in [0, 0.1) is 0 Å². The molecule has 0 aromatic heterocycles. The molecular formula is C18H12O. The average Bonchev–Trinajstić information content (AvgIpc) is 2.45. The van der Waals surface area contributed by atoms with Crippen molar-refractivity contribution in [3.05, 3.63) is 75.7 Å². The maximum absolute atomic E-state index is 11.5. The van der Waals surface area contributed by atoms with Crippen molar-refractivity contribution in [3.63, 3.8) is 0 Å². The summed E-state index contributed by atoms with van der Waals surface area (Å²) in [7, 11) is 0. The Labute approximate surface area is 111 Å². The standard InChI is InChI=1S/C18H12O/c19-16-8-7-13-9-14-6-5-12-3-1-2-4-17(12)18(14)11-15(13)10-16/h1-11,17H. The molecule has 0 bridgehead atoms. The number of hydrogen-bond acceptors (Lipinski definition) is 1. The predicted octanol–water partition coefficient (Wildman–Crippen LogP) is 1.99. The van der Waals surface area contributed by atoms with Crippen LogP contribution in [0.5, 0.6) is 0 Å². The fourth-order valence-electron chi connectivity index (χ4n) is 2.91. The molecule has 0 aliphatic heterocycles. The lowest BCUT2D eigenvalue weighted by atomic mass is 9.82. The van der Waals surface area contributed by atoms with Crippen LogP contribution >= 0.6 is 0 Å². The van der Waals surface area contributed by atoms with E-state index >= 15 is 0 Å². The van der Waals surface area contributed by atoms with Crippen molar-refractivity contribution in [2.45, 2.75) is 5.92 Å². The summed E-state index contributed by atoms with van der Waals surface area (Å²) in [4.78, 5) is 11.5. The number of allylic oxidation sites excluding steroid dienone is 7. The fourth-order valence-corrected chi connectivity index (χ4v) is 2.91. The fraction of sp³-hybridized carbons (Fsp3) is 0.0556. The van der Waals surface area contributed by atoms with E-state index in [4.69, 9.17) is 0 Å². The van der Waals surface area contributed by atoms with Gasteiger partial charge in [-0.2, -0.15) is 0 Å². The summed E-state index contributed by atoms with van der Waals surface area (Å²) in [5, 5.41) is 2.28. The van der Waals surface area contributed by atoms with Gasteiger partial charge in [0, 0.05) is 5.92 Å². The van der Waals surface area contributed by atoms with Gasteiger partial charge in [-0.15, -0.1) is 0 Å². The second-order valence-corrected chi connectivity index (χ2v) is 5.05. The van der Waals surface area contributed by atoms with Gasteiger partial charge in [-0.25, -0.2) is 0 Å². The first kappa shape index (κ1) is 10.5. The topological polar surface area (TPSA) is 17.1 Å². The second kappa shape index (κ2) is 3.79. The molecule has 0 radical (unpaired) electrons. The van der Waals surface area contributed by atoms with Crippen LogP contribution in [-0.2, 0) is 4.79 Å². The molecule has 0 N–H and O–H groups in total. The Morgan fingerprint density at radius 3 is 2.79 bits per heavy atom. The number of benzene rings is 1. The monoisotopic (exact) mass is 244 g/mol. The maximum Gasteiger partial charge on any atom is 0.179 e. The Bertz CT molecular complexity index is 829. The summed E-state index contributed by atoms with van der Waals surface area (Å²) < 4.78 is 0. The van der Waals surface area contributed by atoms with E-state index in [1.807, 2.05) is 6.08 Å². The molecule has 90 valence electrons. The van der Waals surface area contributed by atoms with Gasteiger partial charge in [-0.05, 0) is 51.4 Å². The van der Waals surface area contributed by atoms with Crippen molar-refractivity contribution in [2.75, 3.05) is 0 Å². The molecule has 3 aliphatic carbocycles. The first-order valence-corrected chi connectivity index (χ1v) is 6.46. The van der Waals surface area contributed by atoms with Gasteiger partial charge in [-0.1, -0.05) is 42.5 Å². The third kappa shape index (κ3) is 1.59. The Kier molecular flexibility index (Phi) is 2.10. The van der Waals surface area contributed by atoms with E-state index in [2.05, 4.69) is 48.6 Å².